The van der Waals surface area contributed by atoms with Gasteiger partial charge >= 0.3 is 0 Å². The molecule has 0 aliphatic carbocycles. The summed E-state index contributed by atoms with van der Waals surface area (Å²) in [7, 11) is 0. The molecule has 2 fully saturated rings. The van der Waals surface area contributed by atoms with Crippen LogP contribution in [0, 0.1) is 0 Å². The lowest BCUT2D eigenvalue weighted by atomic mass is 10.2. The lowest BCUT2D eigenvalue weighted by molar-refractivity contribution is -0.144. The molecule has 0 aromatic rings. The molecule has 1 unspecified atom stereocenters. The van der Waals surface area contributed by atoms with Gasteiger partial charge in [0.25, 0.3) is 0 Å². The fraction of sp³-hybridized carbons (Fsp3) is 0.917. The van der Waals surface area contributed by atoms with Crippen molar-refractivity contribution >= 4 is 29.9 Å². The predicted molar refractivity (Wildman–Crippen MR) is 83.8 cm³/mol. The maximum Gasteiger partial charge on any atom is 0.191 e. The monoisotopic (exact) mass is 385 g/mol. The average Bonchev–Trinajstić information content (AvgIpc) is 2.76. The molecule has 7 heteroatoms. The SMILES string of the molecule is CC1CN(C(N)=NCCC2(C)OCCO2)CCO1.I. The van der Waals surface area contributed by atoms with Gasteiger partial charge in [-0.25, -0.2) is 0 Å². The van der Waals surface area contributed by atoms with Crippen molar-refractivity contribution in [2.45, 2.75) is 32.2 Å². The molecule has 2 aliphatic heterocycles. The molecule has 0 aromatic carbocycles. The quantitative estimate of drug-likeness (QED) is 0.442. The second kappa shape index (κ2) is 7.61. The topological polar surface area (TPSA) is 69.3 Å². The van der Waals surface area contributed by atoms with E-state index >= 15 is 0 Å². The first-order valence-corrected chi connectivity index (χ1v) is 6.53. The molecule has 2 heterocycles. The number of nitrogens with zero attached hydrogens (tertiary/aromatic N) is 2. The highest BCUT2D eigenvalue weighted by Gasteiger charge is 2.30. The van der Waals surface area contributed by atoms with E-state index in [1.807, 2.05) is 13.8 Å². The minimum Gasteiger partial charge on any atom is -0.375 e. The summed E-state index contributed by atoms with van der Waals surface area (Å²) in [5, 5.41) is 0. The highest BCUT2D eigenvalue weighted by Crippen LogP contribution is 2.22. The summed E-state index contributed by atoms with van der Waals surface area (Å²) in [5.74, 6) is 0.106. The molecule has 0 saturated carbocycles. The maximum atomic E-state index is 5.98. The highest BCUT2D eigenvalue weighted by molar-refractivity contribution is 14.0. The van der Waals surface area contributed by atoms with Gasteiger partial charge in [0.15, 0.2) is 11.7 Å². The van der Waals surface area contributed by atoms with Gasteiger partial charge in [0, 0.05) is 26.1 Å². The van der Waals surface area contributed by atoms with Crippen LogP contribution in [0.15, 0.2) is 4.99 Å². The lowest BCUT2D eigenvalue weighted by Gasteiger charge is -2.32. The number of aliphatic imine (C=N–C) groups is 1. The summed E-state index contributed by atoms with van der Waals surface area (Å²) in [6.07, 6.45) is 0.944. The molecule has 0 spiro atoms. The van der Waals surface area contributed by atoms with Crippen LogP contribution in [0.1, 0.15) is 20.3 Å². The standard InChI is InChI=1S/C12H23N3O3.HI/c1-10-9-15(5-6-16-10)11(13)14-4-3-12(2)17-7-8-18-12;/h10H,3-9H2,1-2H3,(H2,13,14);1H. The van der Waals surface area contributed by atoms with Gasteiger partial charge in [0.2, 0.25) is 0 Å². The van der Waals surface area contributed by atoms with Crippen LogP contribution in [0.25, 0.3) is 0 Å². The van der Waals surface area contributed by atoms with Crippen molar-refractivity contribution in [1.82, 2.24) is 4.90 Å². The van der Waals surface area contributed by atoms with Crippen molar-refractivity contribution in [3.63, 3.8) is 0 Å². The summed E-state index contributed by atoms with van der Waals surface area (Å²) in [5.41, 5.74) is 5.98. The molecule has 2 saturated heterocycles. The van der Waals surface area contributed by atoms with Crippen molar-refractivity contribution in [1.29, 1.82) is 0 Å². The number of morpholine rings is 1. The molecular weight excluding hydrogens is 361 g/mol. The van der Waals surface area contributed by atoms with Gasteiger partial charge in [0.1, 0.15) is 0 Å². The second-order valence-electron chi connectivity index (χ2n) is 4.95. The number of halogens is 1. The fourth-order valence-corrected chi connectivity index (χ4v) is 2.20. The molecule has 112 valence electrons. The summed E-state index contributed by atoms with van der Waals surface area (Å²) in [6.45, 7) is 8.26. The van der Waals surface area contributed by atoms with Crippen LogP contribution in [0.5, 0.6) is 0 Å². The Hall–Kier alpha value is -0.120. The van der Waals surface area contributed by atoms with E-state index in [1.165, 1.54) is 0 Å². The van der Waals surface area contributed by atoms with Gasteiger partial charge < -0.3 is 24.8 Å². The Balaban J connectivity index is 0.00000180. The predicted octanol–water partition coefficient (Wildman–Crippen LogP) is 0.793. The Bertz CT molecular complexity index is 309. The zero-order chi connectivity index (χ0) is 13.0. The van der Waals surface area contributed by atoms with Crippen LogP contribution in [-0.2, 0) is 14.2 Å². The summed E-state index contributed by atoms with van der Waals surface area (Å²) < 4.78 is 16.5. The Labute approximate surface area is 131 Å². The first-order valence-electron chi connectivity index (χ1n) is 6.53. The number of guanidine groups is 1. The van der Waals surface area contributed by atoms with Gasteiger partial charge in [-0.2, -0.15) is 0 Å². The van der Waals surface area contributed by atoms with Crippen molar-refractivity contribution in [3.8, 4) is 0 Å². The molecule has 2 aliphatic rings. The molecule has 0 amide bonds. The third-order valence-electron chi connectivity index (χ3n) is 3.30. The van der Waals surface area contributed by atoms with Gasteiger partial charge in [-0.1, -0.05) is 0 Å². The van der Waals surface area contributed by atoms with Crippen LogP contribution in [0.3, 0.4) is 0 Å². The van der Waals surface area contributed by atoms with E-state index in [9.17, 15) is 0 Å². The fourth-order valence-electron chi connectivity index (χ4n) is 2.20. The van der Waals surface area contributed by atoms with E-state index in [2.05, 4.69) is 9.89 Å². The van der Waals surface area contributed by atoms with Crippen LogP contribution in [0.4, 0.5) is 0 Å². The number of nitrogens with two attached hydrogens (primary N) is 1. The van der Waals surface area contributed by atoms with E-state index in [0.717, 1.165) is 19.5 Å². The van der Waals surface area contributed by atoms with E-state index in [0.29, 0.717) is 32.3 Å². The van der Waals surface area contributed by atoms with Crippen LogP contribution < -0.4 is 5.73 Å². The third kappa shape index (κ3) is 5.05. The summed E-state index contributed by atoms with van der Waals surface area (Å²) >= 11 is 0. The van der Waals surface area contributed by atoms with Crippen LogP contribution >= 0.6 is 24.0 Å². The number of ether oxygens (including phenoxy) is 3. The zero-order valence-corrected chi connectivity index (χ0v) is 14.0. The molecule has 19 heavy (non-hydrogen) atoms. The molecule has 2 rings (SSSR count). The summed E-state index contributed by atoms with van der Waals surface area (Å²) in [4.78, 5) is 6.46. The molecular formula is C12H24IN3O3. The van der Waals surface area contributed by atoms with Crippen molar-refractivity contribution < 1.29 is 14.2 Å². The van der Waals surface area contributed by atoms with Crippen molar-refractivity contribution in [2.75, 3.05) is 39.5 Å². The van der Waals surface area contributed by atoms with Gasteiger partial charge in [-0.15, -0.1) is 24.0 Å². The molecule has 2 N–H and O–H groups in total. The Morgan fingerprint density at radius 2 is 2.05 bits per heavy atom. The first-order chi connectivity index (χ1) is 8.59. The number of hydrogen-bond donors (Lipinski definition) is 1. The largest absolute Gasteiger partial charge is 0.375 e. The zero-order valence-electron chi connectivity index (χ0n) is 11.6. The van der Waals surface area contributed by atoms with Crippen LogP contribution in [-0.4, -0.2) is 62.2 Å². The van der Waals surface area contributed by atoms with E-state index in [4.69, 9.17) is 19.9 Å². The first kappa shape index (κ1) is 16.9. The lowest BCUT2D eigenvalue weighted by Crippen LogP contribution is -2.48. The molecule has 6 nitrogen and oxygen atoms in total. The van der Waals surface area contributed by atoms with Crippen molar-refractivity contribution in [2.24, 2.45) is 10.7 Å². The summed E-state index contributed by atoms with van der Waals surface area (Å²) in [6, 6.07) is 0. The number of rotatable bonds is 3. The van der Waals surface area contributed by atoms with E-state index in [-0.39, 0.29) is 30.1 Å². The molecule has 0 bridgehead atoms. The van der Waals surface area contributed by atoms with Gasteiger partial charge in [-0.3, -0.25) is 4.99 Å². The highest BCUT2D eigenvalue weighted by atomic mass is 127. The second-order valence-corrected chi connectivity index (χ2v) is 4.95. The van der Waals surface area contributed by atoms with E-state index < -0.39 is 5.79 Å². The maximum absolute atomic E-state index is 5.98. The average molecular weight is 385 g/mol. The molecule has 0 aromatic heterocycles. The smallest absolute Gasteiger partial charge is 0.191 e. The Kier molecular flexibility index (Phi) is 6.78. The molecule has 0 radical (unpaired) electrons. The van der Waals surface area contributed by atoms with Gasteiger partial charge in [0.05, 0.1) is 25.9 Å². The van der Waals surface area contributed by atoms with Crippen molar-refractivity contribution in [3.05, 3.63) is 0 Å². The minimum atomic E-state index is -0.484. The third-order valence-corrected chi connectivity index (χ3v) is 3.30. The molecule has 1 atom stereocenters. The number of hydrogen-bond acceptors (Lipinski definition) is 4. The van der Waals surface area contributed by atoms with Crippen LogP contribution in [0.2, 0.25) is 0 Å². The van der Waals surface area contributed by atoms with Gasteiger partial charge in [-0.05, 0) is 13.8 Å². The normalized spacial score (nSPS) is 27.2. The Morgan fingerprint density at radius 1 is 1.37 bits per heavy atom. The minimum absolute atomic E-state index is 0. The Morgan fingerprint density at radius 3 is 2.68 bits per heavy atom. The van der Waals surface area contributed by atoms with E-state index in [1.54, 1.807) is 0 Å².